The fourth-order valence-corrected chi connectivity index (χ4v) is 4.51. The first kappa shape index (κ1) is 24.5. The molecule has 8 nitrogen and oxygen atoms in total. The third kappa shape index (κ3) is 6.34. The molecule has 1 aliphatic heterocycles. The number of para-hydroxylation sites is 1. The Kier molecular flexibility index (Phi) is 7.76. The number of piperazine rings is 1. The Balaban J connectivity index is 1.26. The predicted octanol–water partition coefficient (Wildman–Crippen LogP) is 4.32. The molecule has 5 rings (SSSR count). The van der Waals surface area contributed by atoms with Crippen molar-refractivity contribution in [3.05, 3.63) is 96.7 Å². The minimum Gasteiger partial charge on any atom is -0.483 e. The van der Waals surface area contributed by atoms with Gasteiger partial charge in [-0.1, -0.05) is 18.2 Å². The summed E-state index contributed by atoms with van der Waals surface area (Å²) in [5.74, 6) is 1.85. The maximum Gasteiger partial charge on any atom is 0.258 e. The largest absolute Gasteiger partial charge is 0.483 e. The van der Waals surface area contributed by atoms with Crippen molar-refractivity contribution in [2.45, 2.75) is 19.5 Å². The topological polar surface area (TPSA) is 83.7 Å². The molecule has 1 amide bonds. The number of aromatic nitrogens is 2. The van der Waals surface area contributed by atoms with E-state index in [-0.39, 0.29) is 18.6 Å². The molecule has 0 saturated carbocycles. The third-order valence-electron chi connectivity index (χ3n) is 6.48. The van der Waals surface area contributed by atoms with Crippen LogP contribution in [0.4, 0.5) is 5.69 Å². The van der Waals surface area contributed by atoms with Crippen molar-refractivity contribution in [1.82, 2.24) is 20.2 Å². The summed E-state index contributed by atoms with van der Waals surface area (Å²) in [6.07, 6.45) is 5.07. The molecule has 3 heterocycles. The summed E-state index contributed by atoms with van der Waals surface area (Å²) >= 11 is 0. The van der Waals surface area contributed by atoms with Crippen LogP contribution in [0, 0.1) is 0 Å². The van der Waals surface area contributed by atoms with Gasteiger partial charge in [-0.2, -0.15) is 0 Å². The number of nitrogens with zero attached hydrogens (tertiary/aromatic N) is 4. The molecule has 37 heavy (non-hydrogen) atoms. The summed E-state index contributed by atoms with van der Waals surface area (Å²) in [6, 6.07) is 21.6. The quantitative estimate of drug-likeness (QED) is 0.369. The summed E-state index contributed by atoms with van der Waals surface area (Å²) in [6.45, 7) is 6.28. The number of carbonyl (C=O) groups excluding carboxylic acids is 1. The van der Waals surface area contributed by atoms with E-state index in [1.165, 1.54) is 5.69 Å². The molecule has 1 unspecified atom stereocenters. The van der Waals surface area contributed by atoms with Gasteiger partial charge in [0.2, 0.25) is 0 Å². The number of amides is 1. The summed E-state index contributed by atoms with van der Waals surface area (Å²) in [5.41, 5.74) is 3.18. The second-order valence-corrected chi connectivity index (χ2v) is 9.09. The Labute approximate surface area is 216 Å². The van der Waals surface area contributed by atoms with Gasteiger partial charge in [-0.25, -0.2) is 9.97 Å². The number of furan rings is 1. The van der Waals surface area contributed by atoms with E-state index in [2.05, 4.69) is 55.4 Å². The maximum atomic E-state index is 12.6. The van der Waals surface area contributed by atoms with Crippen LogP contribution in [0.3, 0.4) is 0 Å². The standard InChI is InChI=1S/C29H31N5O3/c1-22(26-9-5-18-36-26)32-28(35)21-37-27-11-10-23(29-30-12-6-13-31-29)19-24(27)20-33-14-16-34(17-15-33)25-7-3-2-4-8-25/h2-13,18-19,22H,14-17,20-21H2,1H3,(H,32,35). The zero-order chi connectivity index (χ0) is 25.5. The molecule has 1 atom stereocenters. The third-order valence-corrected chi connectivity index (χ3v) is 6.48. The number of anilines is 1. The number of hydrogen-bond acceptors (Lipinski definition) is 7. The van der Waals surface area contributed by atoms with Gasteiger partial charge in [-0.05, 0) is 55.5 Å². The van der Waals surface area contributed by atoms with Gasteiger partial charge in [0.1, 0.15) is 11.5 Å². The summed E-state index contributed by atoms with van der Waals surface area (Å²) in [5, 5.41) is 2.92. The lowest BCUT2D eigenvalue weighted by molar-refractivity contribution is -0.123. The SMILES string of the molecule is CC(NC(=O)COc1ccc(-c2ncccn2)cc1CN1CCN(c2ccccc2)CC1)c1ccco1. The van der Waals surface area contributed by atoms with Crippen LogP contribution in [0.2, 0.25) is 0 Å². The number of ether oxygens (including phenoxy) is 1. The van der Waals surface area contributed by atoms with Crippen LogP contribution >= 0.6 is 0 Å². The molecular formula is C29H31N5O3. The van der Waals surface area contributed by atoms with Crippen LogP contribution in [0.1, 0.15) is 24.3 Å². The molecule has 2 aromatic heterocycles. The van der Waals surface area contributed by atoms with Crippen molar-refractivity contribution < 1.29 is 13.9 Å². The van der Waals surface area contributed by atoms with Crippen molar-refractivity contribution in [2.24, 2.45) is 0 Å². The first-order valence-electron chi connectivity index (χ1n) is 12.5. The molecule has 4 aromatic rings. The van der Waals surface area contributed by atoms with E-state index in [9.17, 15) is 4.79 Å². The predicted molar refractivity (Wildman–Crippen MR) is 142 cm³/mol. The fourth-order valence-electron chi connectivity index (χ4n) is 4.51. The van der Waals surface area contributed by atoms with Crippen molar-refractivity contribution in [3.63, 3.8) is 0 Å². The minimum atomic E-state index is -0.232. The van der Waals surface area contributed by atoms with Gasteiger partial charge < -0.3 is 19.4 Å². The smallest absolute Gasteiger partial charge is 0.258 e. The monoisotopic (exact) mass is 497 g/mol. The summed E-state index contributed by atoms with van der Waals surface area (Å²) in [7, 11) is 0. The second-order valence-electron chi connectivity index (χ2n) is 9.09. The highest BCUT2D eigenvalue weighted by Gasteiger charge is 2.20. The molecular weight excluding hydrogens is 466 g/mol. The molecule has 0 bridgehead atoms. The van der Waals surface area contributed by atoms with E-state index in [1.54, 1.807) is 30.8 Å². The number of carbonyl (C=O) groups is 1. The minimum absolute atomic E-state index is 0.0823. The molecule has 190 valence electrons. The van der Waals surface area contributed by atoms with Gasteiger partial charge in [0.15, 0.2) is 12.4 Å². The average Bonchev–Trinajstić information content (AvgIpc) is 3.49. The Bertz CT molecular complexity index is 1270. The lowest BCUT2D eigenvalue weighted by Crippen LogP contribution is -2.46. The number of rotatable bonds is 9. The first-order chi connectivity index (χ1) is 18.2. The lowest BCUT2D eigenvalue weighted by atomic mass is 10.1. The van der Waals surface area contributed by atoms with Crippen LogP contribution in [0.15, 0.2) is 89.8 Å². The Hall–Kier alpha value is -4.17. The van der Waals surface area contributed by atoms with E-state index < -0.39 is 0 Å². The fraction of sp³-hybridized carbons (Fsp3) is 0.276. The van der Waals surface area contributed by atoms with E-state index in [0.29, 0.717) is 23.9 Å². The number of hydrogen-bond donors (Lipinski definition) is 1. The van der Waals surface area contributed by atoms with Gasteiger partial charge in [0, 0.05) is 61.9 Å². The van der Waals surface area contributed by atoms with Gasteiger partial charge in [-0.15, -0.1) is 0 Å². The van der Waals surface area contributed by atoms with E-state index >= 15 is 0 Å². The highest BCUT2D eigenvalue weighted by Crippen LogP contribution is 2.27. The Morgan fingerprint density at radius 1 is 1.00 bits per heavy atom. The second kappa shape index (κ2) is 11.7. The van der Waals surface area contributed by atoms with Gasteiger partial charge >= 0.3 is 0 Å². The highest BCUT2D eigenvalue weighted by molar-refractivity contribution is 5.78. The molecule has 8 heteroatoms. The van der Waals surface area contributed by atoms with Gasteiger partial charge in [0.05, 0.1) is 12.3 Å². The molecule has 2 aromatic carbocycles. The van der Waals surface area contributed by atoms with Crippen LogP contribution in [0.25, 0.3) is 11.4 Å². The summed E-state index contributed by atoms with van der Waals surface area (Å²) < 4.78 is 11.4. The van der Waals surface area contributed by atoms with Crippen molar-refractivity contribution in [3.8, 4) is 17.1 Å². The van der Waals surface area contributed by atoms with Gasteiger partial charge in [0.25, 0.3) is 5.91 Å². The van der Waals surface area contributed by atoms with E-state index in [4.69, 9.17) is 9.15 Å². The molecule has 1 fully saturated rings. The summed E-state index contributed by atoms with van der Waals surface area (Å²) in [4.78, 5) is 26.2. The molecule has 0 aliphatic carbocycles. The first-order valence-corrected chi connectivity index (χ1v) is 12.5. The Morgan fingerprint density at radius 3 is 2.51 bits per heavy atom. The van der Waals surface area contributed by atoms with Crippen molar-refractivity contribution >= 4 is 11.6 Å². The zero-order valence-corrected chi connectivity index (χ0v) is 20.9. The molecule has 1 aliphatic rings. The number of benzene rings is 2. The molecule has 1 saturated heterocycles. The van der Waals surface area contributed by atoms with Crippen LogP contribution in [0.5, 0.6) is 5.75 Å². The Morgan fingerprint density at radius 2 is 1.78 bits per heavy atom. The normalized spacial score (nSPS) is 14.8. The van der Waals surface area contributed by atoms with Crippen LogP contribution < -0.4 is 15.0 Å². The van der Waals surface area contributed by atoms with E-state index in [0.717, 1.165) is 37.3 Å². The van der Waals surface area contributed by atoms with Gasteiger partial charge in [-0.3, -0.25) is 9.69 Å². The number of nitrogens with one attached hydrogen (secondary N) is 1. The van der Waals surface area contributed by atoms with E-state index in [1.807, 2.05) is 31.2 Å². The van der Waals surface area contributed by atoms with Crippen molar-refractivity contribution in [2.75, 3.05) is 37.7 Å². The molecule has 0 radical (unpaired) electrons. The highest BCUT2D eigenvalue weighted by atomic mass is 16.5. The average molecular weight is 498 g/mol. The molecule has 1 N–H and O–H groups in total. The zero-order valence-electron chi connectivity index (χ0n) is 20.9. The maximum absolute atomic E-state index is 12.6. The van der Waals surface area contributed by atoms with Crippen LogP contribution in [-0.2, 0) is 11.3 Å². The molecule has 0 spiro atoms. The van der Waals surface area contributed by atoms with Crippen LogP contribution in [-0.4, -0.2) is 53.6 Å². The van der Waals surface area contributed by atoms with Crippen molar-refractivity contribution in [1.29, 1.82) is 0 Å². The lowest BCUT2D eigenvalue weighted by Gasteiger charge is -2.36.